The second kappa shape index (κ2) is 12.7. The minimum atomic E-state index is -0.700. The van der Waals surface area contributed by atoms with E-state index in [1.807, 2.05) is 58.9 Å². The topological polar surface area (TPSA) is 91.9 Å². The van der Waals surface area contributed by atoms with Gasteiger partial charge in [-0.2, -0.15) is 0 Å². The fourth-order valence-electron chi connectivity index (χ4n) is 2.86. The smallest absolute Gasteiger partial charge is 0.191 e. The van der Waals surface area contributed by atoms with Crippen molar-refractivity contribution < 1.29 is 14.4 Å². The third kappa shape index (κ3) is 8.22. The molecule has 3 N–H and O–H groups in total. The third-order valence-corrected chi connectivity index (χ3v) is 4.23. The maximum absolute atomic E-state index is 10.5. The number of rotatable bonds is 9. The number of halogens is 1. The molecule has 162 valence electrons. The molecule has 2 aromatic rings. The van der Waals surface area contributed by atoms with E-state index in [2.05, 4.69) is 20.8 Å². The van der Waals surface area contributed by atoms with Gasteiger partial charge in [-0.15, -0.1) is 24.0 Å². The predicted octanol–water partition coefficient (Wildman–Crippen LogP) is 3.53. The molecule has 8 heteroatoms. The average Bonchev–Trinajstić information content (AvgIpc) is 2.97. The van der Waals surface area contributed by atoms with E-state index >= 15 is 0 Å². The van der Waals surface area contributed by atoms with Gasteiger partial charge in [0, 0.05) is 18.7 Å². The largest absolute Gasteiger partial charge is 0.491 e. The summed E-state index contributed by atoms with van der Waals surface area (Å²) < 4.78 is 10.9. The summed E-state index contributed by atoms with van der Waals surface area (Å²) in [6.07, 6.45) is 0.185. The third-order valence-electron chi connectivity index (χ3n) is 4.23. The van der Waals surface area contributed by atoms with Gasteiger partial charge in [-0.1, -0.05) is 17.3 Å². The van der Waals surface area contributed by atoms with E-state index in [1.54, 1.807) is 0 Å². The molecule has 0 aliphatic heterocycles. The zero-order valence-corrected chi connectivity index (χ0v) is 20.2. The predicted molar refractivity (Wildman–Crippen MR) is 126 cm³/mol. The summed E-state index contributed by atoms with van der Waals surface area (Å²) in [5.41, 5.74) is 2.82. The Morgan fingerprint density at radius 2 is 2.03 bits per heavy atom. The van der Waals surface area contributed by atoms with Gasteiger partial charge in [0.15, 0.2) is 5.96 Å². The van der Waals surface area contributed by atoms with Crippen LogP contribution in [0.1, 0.15) is 49.5 Å². The Labute approximate surface area is 190 Å². The first-order valence-corrected chi connectivity index (χ1v) is 9.79. The van der Waals surface area contributed by atoms with Crippen LogP contribution in [0, 0.1) is 13.8 Å². The van der Waals surface area contributed by atoms with Crippen LogP contribution >= 0.6 is 24.0 Å². The summed E-state index contributed by atoms with van der Waals surface area (Å²) in [5.74, 6) is 2.27. The van der Waals surface area contributed by atoms with Gasteiger partial charge in [0.1, 0.15) is 11.5 Å². The van der Waals surface area contributed by atoms with Crippen LogP contribution in [-0.2, 0) is 6.42 Å². The Balaban J connectivity index is 0.00000420. The normalized spacial score (nSPS) is 12.4. The maximum atomic E-state index is 10.5. The molecule has 1 aromatic heterocycles. The number of nitrogens with zero attached hydrogens (tertiary/aromatic N) is 2. The molecule has 0 amide bonds. The van der Waals surface area contributed by atoms with E-state index in [-0.39, 0.29) is 36.6 Å². The lowest BCUT2D eigenvalue weighted by Crippen LogP contribution is -2.38. The van der Waals surface area contributed by atoms with Gasteiger partial charge in [-0.05, 0) is 58.7 Å². The van der Waals surface area contributed by atoms with Crippen molar-refractivity contribution in [3.05, 3.63) is 46.8 Å². The number of hydrogen-bond acceptors (Lipinski definition) is 5. The summed E-state index contributed by atoms with van der Waals surface area (Å²) in [7, 11) is 0. The highest BCUT2D eigenvalue weighted by atomic mass is 127. The number of benzene rings is 1. The van der Waals surface area contributed by atoms with Crippen LogP contribution in [0.2, 0.25) is 0 Å². The van der Waals surface area contributed by atoms with Crippen molar-refractivity contribution in [1.82, 2.24) is 15.8 Å². The van der Waals surface area contributed by atoms with E-state index in [9.17, 15) is 5.11 Å². The fraction of sp³-hybridized carbons (Fsp3) is 0.524. The van der Waals surface area contributed by atoms with Crippen molar-refractivity contribution in [2.75, 3.05) is 19.6 Å². The van der Waals surface area contributed by atoms with Crippen LogP contribution < -0.4 is 15.4 Å². The fourth-order valence-corrected chi connectivity index (χ4v) is 2.86. The Kier molecular flexibility index (Phi) is 11.0. The molecule has 1 atom stereocenters. The second-order valence-corrected chi connectivity index (χ2v) is 6.95. The van der Waals surface area contributed by atoms with Crippen molar-refractivity contribution >= 4 is 29.9 Å². The molecule has 0 saturated heterocycles. The molecule has 0 aliphatic rings. The number of guanidine groups is 1. The van der Waals surface area contributed by atoms with Crippen LogP contribution in [0.3, 0.4) is 0 Å². The monoisotopic (exact) mass is 516 g/mol. The minimum absolute atomic E-state index is 0. The van der Waals surface area contributed by atoms with Crippen LogP contribution in [0.15, 0.2) is 33.8 Å². The van der Waals surface area contributed by atoms with E-state index in [0.29, 0.717) is 12.5 Å². The van der Waals surface area contributed by atoms with Gasteiger partial charge >= 0.3 is 0 Å². The van der Waals surface area contributed by atoms with Crippen LogP contribution in [-0.4, -0.2) is 42.0 Å². The number of nitrogens with one attached hydrogen (secondary N) is 2. The van der Waals surface area contributed by atoms with Crippen molar-refractivity contribution in [3.8, 4) is 5.75 Å². The molecule has 0 fully saturated rings. The standard InChI is InChI=1S/C21H32N4O3.HI/c1-6-22-21(23-11-10-19-15(4)25-28-16(19)5)24-13-20(26)17-8-7-9-18(12-17)27-14(2)3;/h7-9,12,14,20,26H,6,10-11,13H2,1-5H3,(H2,22,23,24);1H. The van der Waals surface area contributed by atoms with E-state index < -0.39 is 6.10 Å². The van der Waals surface area contributed by atoms with E-state index in [0.717, 1.165) is 41.3 Å². The molecular weight excluding hydrogens is 483 g/mol. The highest BCUT2D eigenvalue weighted by Gasteiger charge is 2.11. The molecule has 0 bridgehead atoms. The Bertz CT molecular complexity index is 758. The number of aromatic nitrogens is 1. The number of hydrogen-bond donors (Lipinski definition) is 3. The van der Waals surface area contributed by atoms with E-state index in [4.69, 9.17) is 9.26 Å². The molecule has 0 aliphatic carbocycles. The highest BCUT2D eigenvalue weighted by molar-refractivity contribution is 14.0. The van der Waals surface area contributed by atoms with Crippen LogP contribution in [0.5, 0.6) is 5.75 Å². The molecule has 1 heterocycles. The zero-order chi connectivity index (χ0) is 20.5. The summed E-state index contributed by atoms with van der Waals surface area (Å²) in [4.78, 5) is 4.51. The molecule has 2 rings (SSSR count). The van der Waals surface area contributed by atoms with Crippen molar-refractivity contribution in [2.45, 2.75) is 53.2 Å². The molecule has 7 nitrogen and oxygen atoms in total. The lowest BCUT2D eigenvalue weighted by molar-refractivity contribution is 0.185. The minimum Gasteiger partial charge on any atom is -0.491 e. The molecule has 1 aromatic carbocycles. The zero-order valence-electron chi connectivity index (χ0n) is 17.9. The molecule has 0 saturated carbocycles. The number of aliphatic hydroxyl groups excluding tert-OH is 1. The highest BCUT2D eigenvalue weighted by Crippen LogP contribution is 2.20. The molecule has 29 heavy (non-hydrogen) atoms. The first-order chi connectivity index (χ1) is 13.4. The quantitative estimate of drug-likeness (QED) is 0.269. The Morgan fingerprint density at radius 1 is 1.28 bits per heavy atom. The summed E-state index contributed by atoms with van der Waals surface area (Å²) in [6, 6.07) is 7.51. The van der Waals surface area contributed by atoms with Gasteiger partial charge < -0.3 is 25.0 Å². The maximum Gasteiger partial charge on any atom is 0.191 e. The van der Waals surface area contributed by atoms with Crippen molar-refractivity contribution in [2.24, 2.45) is 4.99 Å². The second-order valence-electron chi connectivity index (χ2n) is 6.95. The molecule has 0 spiro atoms. The van der Waals surface area contributed by atoms with Gasteiger partial charge in [0.05, 0.1) is 24.4 Å². The van der Waals surface area contributed by atoms with Crippen molar-refractivity contribution in [1.29, 1.82) is 0 Å². The lowest BCUT2D eigenvalue weighted by Gasteiger charge is -2.15. The number of aliphatic hydroxyl groups is 1. The van der Waals surface area contributed by atoms with Gasteiger partial charge in [-0.25, -0.2) is 0 Å². The molecular formula is C21H33IN4O3. The van der Waals surface area contributed by atoms with Gasteiger partial charge in [0.2, 0.25) is 0 Å². The summed E-state index contributed by atoms with van der Waals surface area (Å²) >= 11 is 0. The Morgan fingerprint density at radius 3 is 2.66 bits per heavy atom. The average molecular weight is 516 g/mol. The summed E-state index contributed by atoms with van der Waals surface area (Å²) in [5, 5.41) is 21.0. The molecule has 0 radical (unpaired) electrons. The van der Waals surface area contributed by atoms with E-state index in [1.165, 1.54) is 0 Å². The van der Waals surface area contributed by atoms with Gasteiger partial charge in [-0.3, -0.25) is 4.99 Å². The lowest BCUT2D eigenvalue weighted by atomic mass is 10.1. The summed E-state index contributed by atoms with van der Waals surface area (Å²) in [6.45, 7) is 11.5. The van der Waals surface area contributed by atoms with Crippen LogP contribution in [0.4, 0.5) is 0 Å². The number of aryl methyl sites for hydroxylation is 2. The first kappa shape index (κ1) is 25.2. The van der Waals surface area contributed by atoms with Crippen molar-refractivity contribution in [3.63, 3.8) is 0 Å². The number of aliphatic imine (C=N–C) groups is 1. The van der Waals surface area contributed by atoms with Crippen LogP contribution in [0.25, 0.3) is 0 Å². The Hall–Kier alpha value is -1.81. The number of ether oxygens (including phenoxy) is 1. The molecule has 1 unspecified atom stereocenters. The SMILES string of the molecule is CCNC(=NCC(O)c1cccc(OC(C)C)c1)NCCc1c(C)noc1C.I. The first-order valence-electron chi connectivity index (χ1n) is 9.79. The van der Waals surface area contributed by atoms with Gasteiger partial charge in [0.25, 0.3) is 0 Å².